The molecule has 0 heterocycles. The first-order valence-electron chi connectivity index (χ1n) is 6.99. The van der Waals surface area contributed by atoms with Gasteiger partial charge in [-0.05, 0) is 44.2 Å². The fraction of sp³-hybridized carbons (Fsp3) is 1.00. The summed E-state index contributed by atoms with van der Waals surface area (Å²) in [6.07, 6.45) is 8.67. The second-order valence-corrected chi connectivity index (χ2v) is 4.89. The number of nitrogens with one attached hydrogen (secondary N) is 1. The Morgan fingerprint density at radius 2 is 1.67 bits per heavy atom. The van der Waals surface area contributed by atoms with Gasteiger partial charge in [-0.2, -0.15) is 0 Å². The lowest BCUT2D eigenvalue weighted by Gasteiger charge is -2.21. The van der Waals surface area contributed by atoms with E-state index in [9.17, 15) is 0 Å². The summed E-state index contributed by atoms with van der Waals surface area (Å²) in [7, 11) is 0. The number of rotatable bonds is 5. The molecule has 1 rings (SSSR count). The fourth-order valence-electron chi connectivity index (χ4n) is 2.09. The van der Waals surface area contributed by atoms with Gasteiger partial charge in [0.05, 0.1) is 0 Å². The van der Waals surface area contributed by atoms with Crippen molar-refractivity contribution in [2.24, 2.45) is 11.8 Å². The van der Waals surface area contributed by atoms with E-state index in [1.54, 1.807) is 0 Å². The SMILES string of the molecule is CC.CC(C)CCNCC1CCCCC1. The van der Waals surface area contributed by atoms with Crippen molar-refractivity contribution in [3.8, 4) is 0 Å². The maximum Gasteiger partial charge on any atom is -0.00205 e. The van der Waals surface area contributed by atoms with Crippen molar-refractivity contribution in [2.45, 2.75) is 66.2 Å². The molecule has 0 aliphatic heterocycles. The first kappa shape index (κ1) is 15.0. The molecule has 92 valence electrons. The van der Waals surface area contributed by atoms with Gasteiger partial charge in [-0.3, -0.25) is 0 Å². The molecular weight excluding hydrogens is 182 g/mol. The quantitative estimate of drug-likeness (QED) is 0.674. The molecule has 1 saturated carbocycles. The summed E-state index contributed by atoms with van der Waals surface area (Å²) >= 11 is 0. The van der Waals surface area contributed by atoms with Crippen LogP contribution in [-0.4, -0.2) is 13.1 Å². The van der Waals surface area contributed by atoms with Crippen LogP contribution in [-0.2, 0) is 0 Å². The van der Waals surface area contributed by atoms with E-state index in [-0.39, 0.29) is 0 Å². The molecule has 0 aromatic heterocycles. The largest absolute Gasteiger partial charge is 0.316 e. The maximum atomic E-state index is 3.59. The molecule has 1 fully saturated rings. The Morgan fingerprint density at radius 1 is 1.07 bits per heavy atom. The van der Waals surface area contributed by atoms with Crippen LogP contribution in [0.15, 0.2) is 0 Å². The van der Waals surface area contributed by atoms with Crippen LogP contribution in [0.4, 0.5) is 0 Å². The zero-order valence-electron chi connectivity index (χ0n) is 11.3. The third-order valence-electron chi connectivity index (χ3n) is 3.06. The van der Waals surface area contributed by atoms with Gasteiger partial charge in [-0.25, -0.2) is 0 Å². The smallest absolute Gasteiger partial charge is 0.00205 e. The van der Waals surface area contributed by atoms with Gasteiger partial charge in [0, 0.05) is 0 Å². The number of hydrogen-bond acceptors (Lipinski definition) is 1. The molecular formula is C14H31N. The molecule has 0 spiro atoms. The van der Waals surface area contributed by atoms with Crippen molar-refractivity contribution in [1.82, 2.24) is 5.32 Å². The highest BCUT2D eigenvalue weighted by Crippen LogP contribution is 2.22. The van der Waals surface area contributed by atoms with E-state index in [4.69, 9.17) is 0 Å². The topological polar surface area (TPSA) is 12.0 Å². The molecule has 1 aliphatic rings. The average molecular weight is 213 g/mol. The number of hydrogen-bond donors (Lipinski definition) is 1. The van der Waals surface area contributed by atoms with E-state index in [1.807, 2.05) is 13.8 Å². The first-order valence-corrected chi connectivity index (χ1v) is 6.99. The Bertz CT molecular complexity index is 115. The molecule has 0 aromatic rings. The molecule has 0 bridgehead atoms. The van der Waals surface area contributed by atoms with Crippen LogP contribution in [0, 0.1) is 11.8 Å². The minimum atomic E-state index is 0.846. The van der Waals surface area contributed by atoms with Crippen molar-refractivity contribution in [2.75, 3.05) is 13.1 Å². The highest BCUT2D eigenvalue weighted by molar-refractivity contribution is 4.67. The van der Waals surface area contributed by atoms with Gasteiger partial charge in [0.25, 0.3) is 0 Å². The van der Waals surface area contributed by atoms with Gasteiger partial charge in [0.1, 0.15) is 0 Å². The Hall–Kier alpha value is -0.0400. The minimum Gasteiger partial charge on any atom is -0.316 e. The highest BCUT2D eigenvalue weighted by Gasteiger charge is 2.12. The second-order valence-electron chi connectivity index (χ2n) is 4.89. The fourth-order valence-corrected chi connectivity index (χ4v) is 2.09. The lowest BCUT2D eigenvalue weighted by Crippen LogP contribution is -2.25. The molecule has 1 nitrogen and oxygen atoms in total. The van der Waals surface area contributed by atoms with Crippen LogP contribution < -0.4 is 5.32 Å². The zero-order valence-corrected chi connectivity index (χ0v) is 11.3. The van der Waals surface area contributed by atoms with Crippen molar-refractivity contribution in [1.29, 1.82) is 0 Å². The summed E-state index contributed by atoms with van der Waals surface area (Å²) in [6, 6.07) is 0. The molecule has 1 aliphatic carbocycles. The lowest BCUT2D eigenvalue weighted by molar-refractivity contribution is 0.339. The van der Waals surface area contributed by atoms with Crippen LogP contribution in [0.25, 0.3) is 0 Å². The predicted molar refractivity (Wildman–Crippen MR) is 70.2 cm³/mol. The molecule has 0 unspecified atom stereocenters. The van der Waals surface area contributed by atoms with Gasteiger partial charge in [0.2, 0.25) is 0 Å². The molecule has 0 radical (unpaired) electrons. The van der Waals surface area contributed by atoms with E-state index >= 15 is 0 Å². The van der Waals surface area contributed by atoms with Crippen LogP contribution in [0.2, 0.25) is 0 Å². The lowest BCUT2D eigenvalue weighted by atomic mass is 9.89. The highest BCUT2D eigenvalue weighted by atomic mass is 14.9. The van der Waals surface area contributed by atoms with E-state index in [2.05, 4.69) is 19.2 Å². The standard InChI is InChI=1S/C12H25N.C2H6/c1-11(2)8-9-13-10-12-6-4-3-5-7-12;1-2/h11-13H,3-10H2,1-2H3;1-2H3. The van der Waals surface area contributed by atoms with E-state index < -0.39 is 0 Å². The van der Waals surface area contributed by atoms with Gasteiger partial charge < -0.3 is 5.32 Å². The van der Waals surface area contributed by atoms with E-state index in [1.165, 1.54) is 51.6 Å². The Labute approximate surface area is 97.0 Å². The molecule has 1 heteroatoms. The van der Waals surface area contributed by atoms with Crippen molar-refractivity contribution >= 4 is 0 Å². The van der Waals surface area contributed by atoms with Crippen molar-refractivity contribution in [3.05, 3.63) is 0 Å². The molecule has 0 aromatic carbocycles. The first-order chi connectivity index (χ1) is 7.29. The van der Waals surface area contributed by atoms with Crippen molar-refractivity contribution in [3.63, 3.8) is 0 Å². The third kappa shape index (κ3) is 8.92. The Morgan fingerprint density at radius 3 is 2.20 bits per heavy atom. The summed E-state index contributed by atoms with van der Waals surface area (Å²) in [5.74, 6) is 1.83. The van der Waals surface area contributed by atoms with Gasteiger partial charge >= 0.3 is 0 Å². The summed E-state index contributed by atoms with van der Waals surface area (Å²) in [5.41, 5.74) is 0. The van der Waals surface area contributed by atoms with Crippen LogP contribution in [0.1, 0.15) is 66.2 Å². The molecule has 15 heavy (non-hydrogen) atoms. The van der Waals surface area contributed by atoms with Crippen LogP contribution >= 0.6 is 0 Å². The van der Waals surface area contributed by atoms with Gasteiger partial charge in [-0.1, -0.05) is 47.0 Å². The van der Waals surface area contributed by atoms with E-state index in [0.717, 1.165) is 11.8 Å². The van der Waals surface area contributed by atoms with Gasteiger partial charge in [0.15, 0.2) is 0 Å². The minimum absolute atomic E-state index is 0.846. The average Bonchev–Trinajstić information content (AvgIpc) is 2.28. The van der Waals surface area contributed by atoms with Crippen LogP contribution in [0.3, 0.4) is 0 Å². The molecule has 0 atom stereocenters. The summed E-state index contributed by atoms with van der Waals surface area (Å²) in [5, 5.41) is 3.59. The summed E-state index contributed by atoms with van der Waals surface area (Å²) < 4.78 is 0. The van der Waals surface area contributed by atoms with Crippen molar-refractivity contribution < 1.29 is 0 Å². The molecule has 1 N–H and O–H groups in total. The second kappa shape index (κ2) is 10.5. The third-order valence-corrected chi connectivity index (χ3v) is 3.06. The normalized spacial score (nSPS) is 17.4. The monoisotopic (exact) mass is 213 g/mol. The summed E-state index contributed by atoms with van der Waals surface area (Å²) in [6.45, 7) is 11.1. The van der Waals surface area contributed by atoms with Gasteiger partial charge in [-0.15, -0.1) is 0 Å². The van der Waals surface area contributed by atoms with E-state index in [0.29, 0.717) is 0 Å². The molecule has 0 amide bonds. The maximum absolute atomic E-state index is 3.59. The molecule has 0 saturated heterocycles. The Kier molecular flexibility index (Phi) is 10.4. The van der Waals surface area contributed by atoms with Crippen LogP contribution in [0.5, 0.6) is 0 Å². The Balaban J connectivity index is 0.000000921. The summed E-state index contributed by atoms with van der Waals surface area (Å²) in [4.78, 5) is 0. The zero-order chi connectivity index (χ0) is 11.5. The predicted octanol–water partition coefficient (Wildman–Crippen LogP) is 4.23.